The number of rotatable bonds is 4. The molecule has 1 aliphatic carbocycles. The molecule has 2 aromatic carbocycles. The molecule has 0 saturated heterocycles. The second-order valence-corrected chi connectivity index (χ2v) is 9.19. The van der Waals surface area contributed by atoms with Crippen molar-refractivity contribution < 1.29 is 19.1 Å². The first kappa shape index (κ1) is 20.5. The highest BCUT2D eigenvalue weighted by atomic mass is 32.1. The van der Waals surface area contributed by atoms with Crippen molar-refractivity contribution in [1.29, 1.82) is 0 Å². The molecule has 1 atom stereocenters. The van der Waals surface area contributed by atoms with Gasteiger partial charge in [-0.1, -0.05) is 12.1 Å². The van der Waals surface area contributed by atoms with Crippen molar-refractivity contribution in [3.05, 3.63) is 63.7 Å². The molecule has 3 aromatic rings. The largest absolute Gasteiger partial charge is 0.454 e. The van der Waals surface area contributed by atoms with Gasteiger partial charge in [-0.3, -0.25) is 14.9 Å². The van der Waals surface area contributed by atoms with Gasteiger partial charge in [-0.15, -0.1) is 11.3 Å². The second kappa shape index (κ2) is 8.27. The summed E-state index contributed by atoms with van der Waals surface area (Å²) < 4.78 is 10.6. The van der Waals surface area contributed by atoms with Gasteiger partial charge in [0, 0.05) is 16.1 Å². The van der Waals surface area contributed by atoms with E-state index in [0.29, 0.717) is 22.2 Å². The number of hydrogen-bond donors (Lipinski definition) is 2. The number of nitrogens with zero attached hydrogens (tertiary/aromatic N) is 1. The van der Waals surface area contributed by atoms with Gasteiger partial charge in [-0.25, -0.2) is 4.98 Å². The molecular weight excluding hydrogens is 426 g/mol. The van der Waals surface area contributed by atoms with Crippen LogP contribution in [0.1, 0.15) is 50.8 Å². The number of aryl methyl sites for hydroxylation is 3. The fourth-order valence-corrected chi connectivity index (χ4v) is 5.08. The number of benzene rings is 2. The number of thiazole rings is 1. The van der Waals surface area contributed by atoms with Gasteiger partial charge in [-0.2, -0.15) is 0 Å². The first-order valence-electron chi connectivity index (χ1n) is 10.6. The van der Waals surface area contributed by atoms with Gasteiger partial charge in [0.15, 0.2) is 16.6 Å². The number of fused-ring (bicyclic) bond motifs is 2. The van der Waals surface area contributed by atoms with E-state index in [2.05, 4.69) is 15.6 Å². The van der Waals surface area contributed by atoms with Crippen LogP contribution in [0.4, 0.5) is 10.8 Å². The zero-order valence-corrected chi connectivity index (χ0v) is 18.7. The highest BCUT2D eigenvalue weighted by molar-refractivity contribution is 7.16. The molecule has 2 amide bonds. The Morgan fingerprint density at radius 3 is 2.78 bits per heavy atom. The lowest BCUT2D eigenvalue weighted by Gasteiger charge is -2.21. The van der Waals surface area contributed by atoms with Crippen LogP contribution in [0.2, 0.25) is 0 Å². The summed E-state index contributed by atoms with van der Waals surface area (Å²) in [4.78, 5) is 31.5. The average molecular weight is 450 g/mol. The minimum atomic E-state index is -0.328. The lowest BCUT2D eigenvalue weighted by molar-refractivity contribution is -0.117. The fraction of sp³-hybridized carbons (Fsp3) is 0.292. The Balaban J connectivity index is 1.33. The van der Waals surface area contributed by atoms with Crippen LogP contribution in [0.3, 0.4) is 0 Å². The third-order valence-electron chi connectivity index (χ3n) is 5.78. The van der Waals surface area contributed by atoms with Crippen LogP contribution >= 0.6 is 11.3 Å². The molecule has 2 aliphatic rings. The summed E-state index contributed by atoms with van der Waals surface area (Å²) in [5.41, 5.74) is 4.18. The van der Waals surface area contributed by atoms with Crippen molar-refractivity contribution in [2.24, 2.45) is 0 Å². The van der Waals surface area contributed by atoms with Gasteiger partial charge in [0.1, 0.15) is 0 Å². The molecule has 1 aliphatic heterocycles. The summed E-state index contributed by atoms with van der Waals surface area (Å²) in [5.74, 6) is 0.527. The topological polar surface area (TPSA) is 89.6 Å². The molecule has 8 heteroatoms. The smallest absolute Gasteiger partial charge is 0.257 e. The summed E-state index contributed by atoms with van der Waals surface area (Å²) in [5, 5.41) is 6.45. The molecule has 0 saturated carbocycles. The van der Waals surface area contributed by atoms with Crippen LogP contribution in [0.15, 0.2) is 36.4 Å². The molecule has 0 fully saturated rings. The Kier molecular flexibility index (Phi) is 5.30. The number of aromatic nitrogens is 1. The van der Waals surface area contributed by atoms with E-state index >= 15 is 0 Å². The number of anilines is 2. The van der Waals surface area contributed by atoms with Crippen LogP contribution in [0.25, 0.3) is 0 Å². The van der Waals surface area contributed by atoms with Gasteiger partial charge in [0.25, 0.3) is 5.91 Å². The Bertz CT molecular complexity index is 1220. The second-order valence-electron chi connectivity index (χ2n) is 8.10. The number of ether oxygens (including phenoxy) is 2. The van der Waals surface area contributed by atoms with E-state index in [0.717, 1.165) is 46.6 Å². The molecule has 0 radical (unpaired) electrons. The number of hydrogen-bond acceptors (Lipinski definition) is 6. The molecule has 1 unspecified atom stereocenters. The first-order valence-corrected chi connectivity index (χ1v) is 11.4. The molecule has 1 aromatic heterocycles. The predicted molar refractivity (Wildman–Crippen MR) is 123 cm³/mol. The van der Waals surface area contributed by atoms with Crippen molar-refractivity contribution in [3.8, 4) is 11.5 Å². The lowest BCUT2D eigenvalue weighted by Crippen LogP contribution is -2.25. The van der Waals surface area contributed by atoms with Gasteiger partial charge >= 0.3 is 0 Å². The normalized spacial score (nSPS) is 16.4. The summed E-state index contributed by atoms with van der Waals surface area (Å²) in [7, 11) is 0. The predicted octanol–water partition coefficient (Wildman–Crippen LogP) is 4.80. The maximum atomic E-state index is 13.1. The molecular formula is C24H23N3O4S. The zero-order valence-electron chi connectivity index (χ0n) is 17.9. The summed E-state index contributed by atoms with van der Waals surface area (Å²) in [6.07, 6.45) is 2.51. The minimum Gasteiger partial charge on any atom is -0.454 e. The quantitative estimate of drug-likeness (QED) is 0.597. The van der Waals surface area contributed by atoms with Crippen molar-refractivity contribution in [3.63, 3.8) is 0 Å². The average Bonchev–Trinajstić information content (AvgIpc) is 3.41. The Morgan fingerprint density at radius 2 is 1.91 bits per heavy atom. The van der Waals surface area contributed by atoms with Crippen molar-refractivity contribution in [1.82, 2.24) is 4.98 Å². The van der Waals surface area contributed by atoms with Gasteiger partial charge in [0.05, 0.1) is 11.6 Å². The van der Waals surface area contributed by atoms with Crippen molar-refractivity contribution in [2.45, 2.75) is 39.0 Å². The summed E-state index contributed by atoms with van der Waals surface area (Å²) in [6, 6.07) is 11.1. The molecule has 0 spiro atoms. The first-order chi connectivity index (χ1) is 15.5. The maximum absolute atomic E-state index is 13.1. The molecule has 5 rings (SSSR count). The van der Waals surface area contributed by atoms with E-state index in [9.17, 15) is 9.59 Å². The van der Waals surface area contributed by atoms with E-state index in [4.69, 9.17) is 9.47 Å². The summed E-state index contributed by atoms with van der Waals surface area (Å²) in [6.45, 7) is 4.14. The maximum Gasteiger partial charge on any atom is 0.257 e. The molecule has 32 heavy (non-hydrogen) atoms. The van der Waals surface area contributed by atoms with E-state index in [1.165, 1.54) is 11.3 Å². The number of nitrogens with one attached hydrogen (secondary N) is 2. The molecule has 2 heterocycles. The molecule has 7 nitrogen and oxygen atoms in total. The van der Waals surface area contributed by atoms with E-state index in [-0.39, 0.29) is 24.5 Å². The number of amides is 2. The fourth-order valence-electron chi connectivity index (χ4n) is 4.02. The number of carbonyl (C=O) groups excluding carboxylic acids is 2. The number of carbonyl (C=O) groups is 2. The van der Waals surface area contributed by atoms with Gasteiger partial charge in [-0.05, 0) is 68.5 Å². The minimum absolute atomic E-state index is 0.0569. The third kappa shape index (κ3) is 3.93. The lowest BCUT2D eigenvalue weighted by atomic mass is 9.90. The van der Waals surface area contributed by atoms with E-state index in [1.807, 2.05) is 32.0 Å². The molecule has 0 bridgehead atoms. The van der Waals surface area contributed by atoms with Gasteiger partial charge in [0.2, 0.25) is 12.7 Å². The van der Waals surface area contributed by atoms with Crippen LogP contribution in [0, 0.1) is 13.8 Å². The Labute approximate surface area is 189 Å². The Hall–Kier alpha value is -3.39. The van der Waals surface area contributed by atoms with Crippen molar-refractivity contribution >= 4 is 34.0 Å². The van der Waals surface area contributed by atoms with Gasteiger partial charge < -0.3 is 14.8 Å². The van der Waals surface area contributed by atoms with Crippen LogP contribution in [-0.2, 0) is 11.2 Å². The van der Waals surface area contributed by atoms with Crippen molar-refractivity contribution in [2.75, 3.05) is 17.4 Å². The van der Waals surface area contributed by atoms with Crippen LogP contribution in [-0.4, -0.2) is 23.6 Å². The Morgan fingerprint density at radius 1 is 1.06 bits per heavy atom. The summed E-state index contributed by atoms with van der Waals surface area (Å²) >= 11 is 1.44. The van der Waals surface area contributed by atoms with Crippen LogP contribution < -0.4 is 20.1 Å². The molecule has 164 valence electrons. The van der Waals surface area contributed by atoms with E-state index in [1.54, 1.807) is 18.2 Å². The monoisotopic (exact) mass is 449 g/mol. The van der Waals surface area contributed by atoms with E-state index < -0.39 is 0 Å². The van der Waals surface area contributed by atoms with Crippen LogP contribution in [0.5, 0.6) is 11.5 Å². The standard InChI is InChI=1S/C24H23N3O4S/c1-13-6-7-14(2)17(10-13)25-23(29)16-4-3-5-20-21(16)26-24(32-20)27-22(28)15-8-9-18-19(11-15)31-12-30-18/h6-11,16H,3-5,12H2,1-2H3,(H,25,29)(H,26,27,28). The SMILES string of the molecule is Cc1ccc(C)c(NC(=O)C2CCCc3sc(NC(=O)c4ccc5c(c4)OCO5)nc32)c1. The third-order valence-corrected chi connectivity index (χ3v) is 6.82. The highest BCUT2D eigenvalue weighted by Crippen LogP contribution is 2.38. The molecule has 2 N–H and O–H groups in total. The highest BCUT2D eigenvalue weighted by Gasteiger charge is 2.31. The zero-order chi connectivity index (χ0) is 22.2.